The molecule has 0 bridgehead atoms. The minimum Gasteiger partial charge on any atom is -0.619 e. The summed E-state index contributed by atoms with van der Waals surface area (Å²) in [5.74, 6) is 0.337. The van der Waals surface area contributed by atoms with Crippen molar-refractivity contribution in [2.24, 2.45) is 0 Å². The van der Waals surface area contributed by atoms with Gasteiger partial charge in [-0.3, -0.25) is 4.79 Å². The molecule has 0 radical (unpaired) electrons. The number of nitrogens with one attached hydrogen (secondary N) is 1. The lowest BCUT2D eigenvalue weighted by atomic mass is 10.2. The first-order chi connectivity index (χ1) is 14.4. The Balaban J connectivity index is 1.49. The lowest BCUT2D eigenvalue weighted by Gasteiger charge is -2.16. The van der Waals surface area contributed by atoms with Crippen molar-refractivity contribution >= 4 is 45.9 Å². The third-order valence-electron chi connectivity index (χ3n) is 4.29. The van der Waals surface area contributed by atoms with Gasteiger partial charge in [0.2, 0.25) is 5.89 Å². The summed E-state index contributed by atoms with van der Waals surface area (Å²) in [5.41, 5.74) is 2.32. The predicted molar refractivity (Wildman–Crippen MR) is 114 cm³/mol. The van der Waals surface area contributed by atoms with Crippen LogP contribution in [0.3, 0.4) is 0 Å². The minimum atomic E-state index is -0.812. The molecule has 0 unspecified atom stereocenters. The van der Waals surface area contributed by atoms with Crippen molar-refractivity contribution in [1.29, 1.82) is 0 Å². The third-order valence-corrected chi connectivity index (χ3v) is 5.09. The average molecular weight is 444 g/mol. The highest BCUT2D eigenvalue weighted by molar-refractivity contribution is 6.42. The molecule has 152 valence electrons. The maximum Gasteiger partial charge on any atom is 0.265 e. The van der Waals surface area contributed by atoms with Crippen LogP contribution in [0.25, 0.3) is 22.6 Å². The van der Waals surface area contributed by atoms with E-state index in [-0.39, 0.29) is 10.9 Å². The fourth-order valence-corrected chi connectivity index (χ4v) is 3.08. The van der Waals surface area contributed by atoms with Crippen LogP contribution in [0.4, 0.5) is 5.69 Å². The quantitative estimate of drug-likeness (QED) is 0.351. The highest BCUT2D eigenvalue weighted by atomic mass is 35.5. The van der Waals surface area contributed by atoms with Crippen LogP contribution in [0.1, 0.15) is 6.92 Å². The van der Waals surface area contributed by atoms with Crippen LogP contribution in [-0.4, -0.2) is 17.0 Å². The Bertz CT molecular complexity index is 1220. The van der Waals surface area contributed by atoms with E-state index in [9.17, 15) is 10.0 Å². The van der Waals surface area contributed by atoms with E-state index in [1.165, 1.54) is 12.4 Å². The summed E-state index contributed by atoms with van der Waals surface area (Å²) in [6, 6.07) is 13.3. The Kier molecular flexibility index (Phi) is 5.48. The molecule has 0 spiro atoms. The lowest BCUT2D eigenvalue weighted by Crippen LogP contribution is -2.30. The molecule has 9 heteroatoms. The predicted octanol–water partition coefficient (Wildman–Crippen LogP) is 4.84. The van der Waals surface area contributed by atoms with Crippen LogP contribution in [0.5, 0.6) is 5.75 Å². The number of rotatable bonds is 5. The highest BCUT2D eigenvalue weighted by Gasteiger charge is 2.18. The lowest BCUT2D eigenvalue weighted by molar-refractivity contribution is -0.605. The molecule has 0 aliphatic carbocycles. The van der Waals surface area contributed by atoms with Crippen molar-refractivity contribution < 1.29 is 18.7 Å². The van der Waals surface area contributed by atoms with Crippen LogP contribution in [-0.2, 0) is 4.79 Å². The molecule has 0 saturated carbocycles. The van der Waals surface area contributed by atoms with Crippen LogP contribution < -0.4 is 14.8 Å². The maximum atomic E-state index is 12.5. The standard InChI is InChI=1S/C21H15Cl2N3O4/c1-12(29-18-4-2-3-15(22)19(18)23)20(27)24-14-5-6-17-16(11-14)25-21(30-17)13-7-9-26(28)10-8-13/h2-12H,1H3,(H,24,27)/t12-/m0/s1. The Morgan fingerprint density at radius 2 is 1.97 bits per heavy atom. The molecule has 2 heterocycles. The number of carbonyl (C=O) groups excluding carboxylic acids is 1. The number of pyridine rings is 1. The molecule has 1 amide bonds. The normalized spacial score (nSPS) is 12.0. The number of nitrogens with zero attached hydrogens (tertiary/aromatic N) is 2. The molecule has 0 saturated heterocycles. The second kappa shape index (κ2) is 8.22. The van der Waals surface area contributed by atoms with E-state index in [0.717, 1.165) is 0 Å². The van der Waals surface area contributed by atoms with E-state index < -0.39 is 6.10 Å². The number of oxazole rings is 1. The molecular weight excluding hydrogens is 429 g/mol. The summed E-state index contributed by atoms with van der Waals surface area (Å²) in [4.78, 5) is 16.9. The van der Waals surface area contributed by atoms with Crippen molar-refractivity contribution in [2.75, 3.05) is 5.32 Å². The van der Waals surface area contributed by atoms with E-state index in [4.69, 9.17) is 32.4 Å². The van der Waals surface area contributed by atoms with Crippen molar-refractivity contribution in [3.8, 4) is 17.2 Å². The molecule has 1 atom stereocenters. The Labute approximate surface area is 181 Å². The van der Waals surface area contributed by atoms with E-state index in [2.05, 4.69) is 10.3 Å². The zero-order valence-electron chi connectivity index (χ0n) is 15.6. The number of aromatic nitrogens is 2. The number of hydrogen-bond acceptors (Lipinski definition) is 5. The maximum absolute atomic E-state index is 12.5. The molecule has 7 nitrogen and oxygen atoms in total. The van der Waals surface area contributed by atoms with Crippen LogP contribution in [0, 0.1) is 5.21 Å². The van der Waals surface area contributed by atoms with Gasteiger partial charge in [0.25, 0.3) is 5.91 Å². The topological polar surface area (TPSA) is 91.3 Å². The summed E-state index contributed by atoms with van der Waals surface area (Å²) >= 11 is 12.1. The largest absolute Gasteiger partial charge is 0.619 e. The number of fused-ring (bicyclic) bond motifs is 1. The monoisotopic (exact) mass is 443 g/mol. The van der Waals surface area contributed by atoms with Crippen LogP contribution in [0.2, 0.25) is 10.0 Å². The molecule has 30 heavy (non-hydrogen) atoms. The first kappa shape index (κ1) is 20.0. The van der Waals surface area contributed by atoms with Crippen LogP contribution in [0.15, 0.2) is 65.3 Å². The van der Waals surface area contributed by atoms with E-state index >= 15 is 0 Å². The number of amides is 1. The zero-order valence-corrected chi connectivity index (χ0v) is 17.1. The summed E-state index contributed by atoms with van der Waals surface area (Å²) in [6.07, 6.45) is 1.92. The molecule has 1 N–H and O–H groups in total. The number of benzene rings is 2. The number of carbonyl (C=O) groups is 1. The summed E-state index contributed by atoms with van der Waals surface area (Å²) in [7, 11) is 0. The van der Waals surface area contributed by atoms with Gasteiger partial charge in [0.15, 0.2) is 24.1 Å². The van der Waals surface area contributed by atoms with Gasteiger partial charge in [0.05, 0.1) is 5.02 Å². The molecule has 4 aromatic rings. The fourth-order valence-electron chi connectivity index (χ4n) is 2.75. The third kappa shape index (κ3) is 4.17. The smallest absolute Gasteiger partial charge is 0.265 e. The molecule has 4 rings (SSSR count). The van der Waals surface area contributed by atoms with Gasteiger partial charge in [0.1, 0.15) is 16.3 Å². The first-order valence-electron chi connectivity index (χ1n) is 8.92. The minimum absolute atomic E-state index is 0.249. The number of ether oxygens (including phenoxy) is 1. The zero-order chi connectivity index (χ0) is 21.3. The molecule has 2 aromatic carbocycles. The van der Waals surface area contributed by atoms with Crippen LogP contribution >= 0.6 is 23.2 Å². The fraction of sp³-hybridized carbons (Fsp3) is 0.0952. The van der Waals surface area contributed by atoms with Gasteiger partial charge < -0.3 is 19.7 Å². The SMILES string of the molecule is C[C@H](Oc1cccc(Cl)c1Cl)C(=O)Nc1ccc2oc(-c3cc[n+]([O-])cc3)nc2c1. The summed E-state index contributed by atoms with van der Waals surface area (Å²) in [6.45, 7) is 1.61. The van der Waals surface area contributed by atoms with E-state index in [0.29, 0.717) is 43.7 Å². The molecule has 2 aromatic heterocycles. The van der Waals surface area contributed by atoms with Gasteiger partial charge in [-0.2, -0.15) is 4.73 Å². The second-order valence-electron chi connectivity index (χ2n) is 6.45. The Morgan fingerprint density at radius 3 is 2.73 bits per heavy atom. The summed E-state index contributed by atoms with van der Waals surface area (Å²) in [5, 5.41) is 14.6. The average Bonchev–Trinajstić information content (AvgIpc) is 3.15. The Morgan fingerprint density at radius 1 is 1.20 bits per heavy atom. The van der Waals surface area contributed by atoms with Crippen molar-refractivity contribution in [3.63, 3.8) is 0 Å². The van der Waals surface area contributed by atoms with E-state index in [1.54, 1.807) is 55.5 Å². The molecule has 0 fully saturated rings. The summed E-state index contributed by atoms with van der Waals surface area (Å²) < 4.78 is 12.0. The molecule has 0 aliphatic heterocycles. The van der Waals surface area contributed by atoms with Crippen molar-refractivity contribution in [1.82, 2.24) is 4.98 Å². The Hall–Kier alpha value is -3.29. The van der Waals surface area contributed by atoms with Gasteiger partial charge >= 0.3 is 0 Å². The van der Waals surface area contributed by atoms with Crippen molar-refractivity contribution in [3.05, 3.63) is 76.2 Å². The molecular formula is C21H15Cl2N3O4. The van der Waals surface area contributed by atoms with Gasteiger partial charge in [-0.1, -0.05) is 29.3 Å². The first-order valence-corrected chi connectivity index (χ1v) is 9.67. The van der Waals surface area contributed by atoms with Gasteiger partial charge in [0, 0.05) is 23.4 Å². The molecule has 0 aliphatic rings. The van der Waals surface area contributed by atoms with Crippen molar-refractivity contribution in [2.45, 2.75) is 13.0 Å². The number of halogens is 2. The van der Waals surface area contributed by atoms with Gasteiger partial charge in [-0.05, 0) is 37.3 Å². The van der Waals surface area contributed by atoms with E-state index in [1.807, 2.05) is 0 Å². The number of hydrogen-bond donors (Lipinski definition) is 1. The van der Waals surface area contributed by atoms with Gasteiger partial charge in [-0.25, -0.2) is 4.98 Å². The second-order valence-corrected chi connectivity index (χ2v) is 7.23. The van der Waals surface area contributed by atoms with Gasteiger partial charge in [-0.15, -0.1) is 0 Å². The number of anilines is 1. The highest BCUT2D eigenvalue weighted by Crippen LogP contribution is 2.32.